The normalized spacial score (nSPS) is 11.1. The summed E-state index contributed by atoms with van der Waals surface area (Å²) in [5.74, 6) is 0.267. The standard InChI is InChI=1S/C23H23ClN2O4S/c1-15-7-10-19(13-16(15)2)30-14-23(27)25-18-8-11-20(12-9-18)31(28,29)26-22-6-4-5-21(24)17(22)3/h4-13,26H,14H2,1-3H3,(H,25,27). The molecule has 31 heavy (non-hydrogen) atoms. The Morgan fingerprint density at radius 3 is 2.35 bits per heavy atom. The fourth-order valence-corrected chi connectivity index (χ4v) is 4.09. The Balaban J connectivity index is 1.61. The fourth-order valence-electron chi connectivity index (χ4n) is 2.79. The maximum absolute atomic E-state index is 12.6. The predicted molar refractivity (Wildman–Crippen MR) is 123 cm³/mol. The molecule has 0 bridgehead atoms. The molecule has 0 saturated carbocycles. The van der Waals surface area contributed by atoms with Gasteiger partial charge in [-0.1, -0.05) is 23.7 Å². The van der Waals surface area contributed by atoms with Crippen LogP contribution in [0, 0.1) is 20.8 Å². The van der Waals surface area contributed by atoms with E-state index in [1.54, 1.807) is 25.1 Å². The van der Waals surface area contributed by atoms with E-state index in [4.69, 9.17) is 16.3 Å². The van der Waals surface area contributed by atoms with Crippen molar-refractivity contribution in [3.05, 3.63) is 82.4 Å². The summed E-state index contributed by atoms with van der Waals surface area (Å²) >= 11 is 6.05. The summed E-state index contributed by atoms with van der Waals surface area (Å²) < 4.78 is 33.3. The molecule has 0 heterocycles. The number of benzene rings is 3. The Labute approximate surface area is 187 Å². The van der Waals surface area contributed by atoms with Gasteiger partial charge in [0.2, 0.25) is 0 Å². The van der Waals surface area contributed by atoms with Crippen molar-refractivity contribution in [3.8, 4) is 5.75 Å². The van der Waals surface area contributed by atoms with Gasteiger partial charge in [0.1, 0.15) is 5.75 Å². The first-order valence-corrected chi connectivity index (χ1v) is 11.4. The lowest BCUT2D eigenvalue weighted by Crippen LogP contribution is -2.20. The van der Waals surface area contributed by atoms with Crippen LogP contribution in [-0.4, -0.2) is 20.9 Å². The van der Waals surface area contributed by atoms with Gasteiger partial charge in [0.15, 0.2) is 6.61 Å². The maximum atomic E-state index is 12.6. The molecule has 0 unspecified atom stereocenters. The summed E-state index contributed by atoms with van der Waals surface area (Å²) in [6.07, 6.45) is 0. The van der Waals surface area contributed by atoms with Crippen LogP contribution in [0.25, 0.3) is 0 Å². The van der Waals surface area contributed by atoms with Gasteiger partial charge < -0.3 is 10.1 Å². The summed E-state index contributed by atoms with van der Waals surface area (Å²) in [6.45, 7) is 5.55. The van der Waals surface area contributed by atoms with Crippen LogP contribution >= 0.6 is 11.6 Å². The van der Waals surface area contributed by atoms with E-state index in [1.807, 2.05) is 32.0 Å². The summed E-state index contributed by atoms with van der Waals surface area (Å²) in [6, 6.07) is 16.5. The Morgan fingerprint density at radius 1 is 0.968 bits per heavy atom. The largest absolute Gasteiger partial charge is 0.484 e. The quantitative estimate of drug-likeness (QED) is 0.516. The number of hydrogen-bond acceptors (Lipinski definition) is 4. The second-order valence-corrected chi connectivity index (χ2v) is 9.21. The van der Waals surface area contributed by atoms with Crippen LogP contribution in [0.5, 0.6) is 5.75 Å². The fraction of sp³-hybridized carbons (Fsp3) is 0.174. The van der Waals surface area contributed by atoms with Gasteiger partial charge >= 0.3 is 0 Å². The molecule has 3 aromatic rings. The van der Waals surface area contributed by atoms with Gasteiger partial charge in [-0.05, 0) is 86.0 Å². The molecule has 2 N–H and O–H groups in total. The number of halogens is 1. The first-order chi connectivity index (χ1) is 14.7. The van der Waals surface area contributed by atoms with Crippen molar-refractivity contribution < 1.29 is 17.9 Å². The Kier molecular flexibility index (Phi) is 6.87. The second kappa shape index (κ2) is 9.41. The minimum atomic E-state index is -3.80. The Morgan fingerprint density at radius 2 is 1.68 bits per heavy atom. The average Bonchev–Trinajstić information content (AvgIpc) is 2.72. The van der Waals surface area contributed by atoms with Crippen molar-refractivity contribution in [1.29, 1.82) is 0 Å². The van der Waals surface area contributed by atoms with Crippen molar-refractivity contribution in [3.63, 3.8) is 0 Å². The first-order valence-electron chi connectivity index (χ1n) is 9.53. The van der Waals surface area contributed by atoms with Crippen LogP contribution in [-0.2, 0) is 14.8 Å². The van der Waals surface area contributed by atoms with Gasteiger partial charge in [0.25, 0.3) is 15.9 Å². The van der Waals surface area contributed by atoms with Crippen LogP contribution in [0.3, 0.4) is 0 Å². The van der Waals surface area contributed by atoms with E-state index in [1.165, 1.54) is 24.3 Å². The third-order valence-electron chi connectivity index (χ3n) is 4.81. The highest BCUT2D eigenvalue weighted by Gasteiger charge is 2.16. The number of rotatable bonds is 7. The van der Waals surface area contributed by atoms with Crippen LogP contribution in [0.15, 0.2) is 65.6 Å². The molecule has 0 aliphatic heterocycles. The topological polar surface area (TPSA) is 84.5 Å². The molecule has 0 aliphatic rings. The number of carbonyl (C=O) groups excluding carboxylic acids is 1. The summed E-state index contributed by atoms with van der Waals surface area (Å²) in [5.41, 5.74) is 3.74. The zero-order valence-corrected chi connectivity index (χ0v) is 19.0. The van der Waals surface area contributed by atoms with Crippen LogP contribution < -0.4 is 14.8 Å². The summed E-state index contributed by atoms with van der Waals surface area (Å²) in [7, 11) is -3.80. The SMILES string of the molecule is Cc1ccc(OCC(=O)Nc2ccc(S(=O)(=O)Nc3cccc(Cl)c3C)cc2)cc1C. The Bertz CT molecular complexity index is 1210. The molecule has 6 nitrogen and oxygen atoms in total. The minimum Gasteiger partial charge on any atom is -0.484 e. The Hall–Kier alpha value is -3.03. The molecule has 0 aromatic heterocycles. The van der Waals surface area contributed by atoms with Crippen molar-refractivity contribution in [2.45, 2.75) is 25.7 Å². The number of hydrogen-bond donors (Lipinski definition) is 2. The van der Waals surface area contributed by atoms with Gasteiger partial charge in [-0.3, -0.25) is 9.52 Å². The summed E-state index contributed by atoms with van der Waals surface area (Å²) in [4.78, 5) is 12.2. The van der Waals surface area contributed by atoms with Crippen molar-refractivity contribution in [1.82, 2.24) is 0 Å². The molecule has 0 aliphatic carbocycles. The van der Waals surface area contributed by atoms with Gasteiger partial charge in [-0.15, -0.1) is 0 Å². The highest BCUT2D eigenvalue weighted by molar-refractivity contribution is 7.92. The van der Waals surface area contributed by atoms with Crippen LogP contribution in [0.4, 0.5) is 11.4 Å². The lowest BCUT2D eigenvalue weighted by Gasteiger charge is -2.12. The van der Waals surface area contributed by atoms with E-state index in [0.717, 1.165) is 11.1 Å². The van der Waals surface area contributed by atoms with Crippen molar-refractivity contribution >= 4 is 38.9 Å². The van der Waals surface area contributed by atoms with E-state index in [9.17, 15) is 13.2 Å². The number of amides is 1. The maximum Gasteiger partial charge on any atom is 0.262 e. The number of aryl methyl sites for hydroxylation is 2. The zero-order valence-electron chi connectivity index (χ0n) is 17.4. The van der Waals surface area contributed by atoms with Gasteiger partial charge in [0.05, 0.1) is 10.6 Å². The number of anilines is 2. The molecule has 1 amide bonds. The average molecular weight is 459 g/mol. The molecule has 3 aromatic carbocycles. The number of nitrogens with one attached hydrogen (secondary N) is 2. The number of sulfonamides is 1. The molecule has 8 heteroatoms. The molecular formula is C23H23ClN2O4S. The van der Waals surface area contributed by atoms with Crippen LogP contribution in [0.2, 0.25) is 5.02 Å². The summed E-state index contributed by atoms with van der Waals surface area (Å²) in [5, 5.41) is 3.16. The van der Waals surface area contributed by atoms with Crippen molar-refractivity contribution in [2.75, 3.05) is 16.6 Å². The molecule has 3 rings (SSSR count). The monoisotopic (exact) mass is 458 g/mol. The number of carbonyl (C=O) groups is 1. The van der Waals surface area contributed by atoms with E-state index in [2.05, 4.69) is 10.0 Å². The second-order valence-electron chi connectivity index (χ2n) is 7.13. The van der Waals surface area contributed by atoms with E-state index >= 15 is 0 Å². The lowest BCUT2D eigenvalue weighted by atomic mass is 10.1. The highest BCUT2D eigenvalue weighted by Crippen LogP contribution is 2.26. The third-order valence-corrected chi connectivity index (χ3v) is 6.60. The third kappa shape index (κ3) is 5.77. The van der Waals surface area contributed by atoms with E-state index in [0.29, 0.717) is 27.7 Å². The molecular weight excluding hydrogens is 436 g/mol. The molecule has 162 valence electrons. The van der Waals surface area contributed by atoms with E-state index < -0.39 is 10.0 Å². The van der Waals surface area contributed by atoms with E-state index in [-0.39, 0.29) is 17.4 Å². The van der Waals surface area contributed by atoms with Gasteiger partial charge in [0, 0.05) is 10.7 Å². The van der Waals surface area contributed by atoms with Crippen LogP contribution in [0.1, 0.15) is 16.7 Å². The van der Waals surface area contributed by atoms with Gasteiger partial charge in [-0.2, -0.15) is 0 Å². The molecule has 0 atom stereocenters. The number of ether oxygens (including phenoxy) is 1. The first kappa shape index (κ1) is 22.7. The molecule has 0 spiro atoms. The molecule has 0 saturated heterocycles. The molecule has 0 fully saturated rings. The lowest BCUT2D eigenvalue weighted by molar-refractivity contribution is -0.118. The van der Waals surface area contributed by atoms with Gasteiger partial charge in [-0.25, -0.2) is 8.42 Å². The molecule has 0 radical (unpaired) electrons. The smallest absolute Gasteiger partial charge is 0.262 e. The zero-order chi connectivity index (χ0) is 22.6. The van der Waals surface area contributed by atoms with Crippen molar-refractivity contribution in [2.24, 2.45) is 0 Å². The predicted octanol–water partition coefficient (Wildman–Crippen LogP) is 5.08. The minimum absolute atomic E-state index is 0.0660. The highest BCUT2D eigenvalue weighted by atomic mass is 35.5.